The second-order valence-electron chi connectivity index (χ2n) is 9.53. The van der Waals surface area contributed by atoms with Crippen LogP contribution in [0.4, 0.5) is 0 Å². The highest BCUT2D eigenvalue weighted by Gasteiger charge is 2.43. The molecule has 1 fully saturated rings. The first kappa shape index (κ1) is 32.8. The SMILES string of the molecule is CCCCCCCC/C=C\CCCCCCCC(=O)O.NC(=O)c1cn([C@@H]2O[C@H](CO)[C@@H](O)[C@H]2O)cn1. The van der Waals surface area contributed by atoms with E-state index in [4.69, 9.17) is 20.7 Å². The summed E-state index contributed by atoms with van der Waals surface area (Å²) in [4.78, 5) is 24.9. The smallest absolute Gasteiger partial charge is 0.303 e. The fourth-order valence-corrected chi connectivity index (χ4v) is 4.08. The summed E-state index contributed by atoms with van der Waals surface area (Å²) in [5, 5.41) is 36.7. The van der Waals surface area contributed by atoms with Crippen molar-refractivity contribution in [2.24, 2.45) is 5.73 Å². The monoisotopic (exact) mass is 525 g/mol. The number of primary amides is 1. The Hall–Kier alpha value is -2.27. The van der Waals surface area contributed by atoms with Crippen LogP contribution in [-0.4, -0.2) is 66.8 Å². The topological polar surface area (TPSA) is 168 Å². The number of imidazole rings is 1. The number of aromatic nitrogens is 2. The number of aliphatic hydroxyl groups is 3. The number of amides is 1. The Balaban J connectivity index is 0.000000373. The average Bonchev–Trinajstić information content (AvgIpc) is 3.47. The Morgan fingerprint density at radius 2 is 1.54 bits per heavy atom. The molecule has 0 radical (unpaired) electrons. The van der Waals surface area contributed by atoms with Gasteiger partial charge in [0, 0.05) is 12.6 Å². The Morgan fingerprint density at radius 1 is 0.973 bits per heavy atom. The molecule has 1 aliphatic rings. The molecule has 0 aliphatic carbocycles. The van der Waals surface area contributed by atoms with Crippen LogP contribution >= 0.6 is 0 Å². The zero-order valence-electron chi connectivity index (χ0n) is 22.2. The minimum absolute atomic E-state index is 0.0303. The number of nitrogens with zero attached hydrogens (tertiary/aromatic N) is 2. The van der Waals surface area contributed by atoms with E-state index in [9.17, 15) is 19.8 Å². The standard InChI is InChI=1S/C18H34O2.C9H13N3O5/c1-2-3-4-5-6-7-8-9-10-11-12-13-14-15-16-17-18(19)20;10-8(16)4-1-12(3-11-4)9-7(15)6(14)5(2-13)17-9/h9-10H,2-8,11-17H2,1H3,(H,19,20);1,3,5-7,9,13-15H,2H2,(H2,10,16)/b10-9-;/t;5-,6-,7-,9-/m.1/s1. The first-order chi connectivity index (χ1) is 17.8. The van der Waals surface area contributed by atoms with Crippen molar-refractivity contribution < 1.29 is 34.8 Å². The van der Waals surface area contributed by atoms with E-state index in [1.54, 1.807) is 0 Å². The molecule has 4 atom stereocenters. The number of hydrogen-bond donors (Lipinski definition) is 5. The summed E-state index contributed by atoms with van der Waals surface area (Å²) >= 11 is 0. The van der Waals surface area contributed by atoms with Crippen molar-refractivity contribution >= 4 is 11.9 Å². The summed E-state index contributed by atoms with van der Waals surface area (Å²) in [6.07, 6.45) is 19.6. The summed E-state index contributed by atoms with van der Waals surface area (Å²) in [6, 6.07) is 0. The first-order valence-electron chi connectivity index (χ1n) is 13.6. The number of nitrogens with two attached hydrogens (primary N) is 1. The molecule has 0 aromatic carbocycles. The van der Waals surface area contributed by atoms with Crippen LogP contribution in [0.5, 0.6) is 0 Å². The van der Waals surface area contributed by atoms with Gasteiger partial charge in [-0.1, -0.05) is 70.4 Å². The molecule has 6 N–H and O–H groups in total. The Bertz CT molecular complexity index is 784. The van der Waals surface area contributed by atoms with E-state index in [-0.39, 0.29) is 5.69 Å². The molecule has 1 aromatic heterocycles. The van der Waals surface area contributed by atoms with E-state index in [0.717, 1.165) is 12.8 Å². The number of aliphatic hydroxyl groups excluding tert-OH is 3. The molecule has 0 bridgehead atoms. The predicted octanol–water partition coefficient (Wildman–Crippen LogP) is 3.70. The summed E-state index contributed by atoms with van der Waals surface area (Å²) in [5.74, 6) is -1.36. The van der Waals surface area contributed by atoms with Gasteiger partial charge in [0.1, 0.15) is 24.0 Å². The molecule has 0 spiro atoms. The van der Waals surface area contributed by atoms with E-state index in [0.29, 0.717) is 6.42 Å². The molecule has 10 nitrogen and oxygen atoms in total. The third-order valence-corrected chi connectivity index (χ3v) is 6.32. The lowest BCUT2D eigenvalue weighted by Gasteiger charge is -2.15. The minimum Gasteiger partial charge on any atom is -0.481 e. The van der Waals surface area contributed by atoms with Gasteiger partial charge in [0.25, 0.3) is 5.91 Å². The summed E-state index contributed by atoms with van der Waals surface area (Å²) in [6.45, 7) is 1.85. The molecular weight excluding hydrogens is 478 g/mol. The summed E-state index contributed by atoms with van der Waals surface area (Å²) < 4.78 is 6.56. The van der Waals surface area contributed by atoms with Gasteiger partial charge in [-0.25, -0.2) is 4.98 Å². The second-order valence-corrected chi connectivity index (χ2v) is 9.53. The predicted molar refractivity (Wildman–Crippen MR) is 141 cm³/mol. The van der Waals surface area contributed by atoms with Crippen molar-refractivity contribution in [3.05, 3.63) is 30.4 Å². The average molecular weight is 526 g/mol. The van der Waals surface area contributed by atoms with Gasteiger partial charge in [-0.15, -0.1) is 0 Å². The van der Waals surface area contributed by atoms with Crippen LogP contribution in [-0.2, 0) is 9.53 Å². The number of carboxylic acid groups (broad SMARTS) is 1. The quantitative estimate of drug-likeness (QED) is 0.143. The number of ether oxygens (including phenoxy) is 1. The molecule has 37 heavy (non-hydrogen) atoms. The van der Waals surface area contributed by atoms with Gasteiger partial charge in [0.15, 0.2) is 6.23 Å². The maximum atomic E-state index is 10.8. The first-order valence-corrected chi connectivity index (χ1v) is 13.6. The van der Waals surface area contributed by atoms with Crippen LogP contribution in [0.15, 0.2) is 24.7 Å². The molecule has 2 heterocycles. The van der Waals surface area contributed by atoms with Crippen molar-refractivity contribution in [1.29, 1.82) is 0 Å². The van der Waals surface area contributed by atoms with Crippen molar-refractivity contribution in [2.45, 2.75) is 121 Å². The largest absolute Gasteiger partial charge is 0.481 e. The number of rotatable bonds is 18. The van der Waals surface area contributed by atoms with Crippen LogP contribution in [0.2, 0.25) is 0 Å². The number of hydrogen-bond acceptors (Lipinski definition) is 7. The molecule has 1 saturated heterocycles. The maximum Gasteiger partial charge on any atom is 0.303 e. The fourth-order valence-electron chi connectivity index (χ4n) is 4.08. The number of allylic oxidation sites excluding steroid dienone is 2. The number of unbranched alkanes of at least 4 members (excludes halogenated alkanes) is 11. The lowest BCUT2D eigenvalue weighted by Crippen LogP contribution is -2.33. The van der Waals surface area contributed by atoms with E-state index in [2.05, 4.69) is 24.1 Å². The highest BCUT2D eigenvalue weighted by molar-refractivity contribution is 5.90. The molecule has 1 aromatic rings. The number of carbonyl (C=O) groups excluding carboxylic acids is 1. The van der Waals surface area contributed by atoms with Crippen LogP contribution in [0.25, 0.3) is 0 Å². The molecule has 1 aliphatic heterocycles. The lowest BCUT2D eigenvalue weighted by atomic mass is 10.1. The third kappa shape index (κ3) is 13.7. The zero-order chi connectivity index (χ0) is 27.5. The Kier molecular flexibility index (Phi) is 17.5. The van der Waals surface area contributed by atoms with Crippen molar-refractivity contribution in [1.82, 2.24) is 9.55 Å². The Morgan fingerprint density at radius 3 is 2.03 bits per heavy atom. The number of aliphatic carboxylic acids is 1. The highest BCUT2D eigenvalue weighted by atomic mass is 16.6. The molecule has 10 heteroatoms. The molecular formula is C27H47N3O7. The minimum atomic E-state index is -1.21. The third-order valence-electron chi connectivity index (χ3n) is 6.32. The molecule has 0 saturated carbocycles. The van der Waals surface area contributed by atoms with Crippen molar-refractivity contribution in [3.8, 4) is 0 Å². The van der Waals surface area contributed by atoms with Crippen molar-refractivity contribution in [2.75, 3.05) is 6.61 Å². The van der Waals surface area contributed by atoms with Gasteiger partial charge in [-0.3, -0.25) is 9.59 Å². The van der Waals surface area contributed by atoms with Crippen LogP contribution in [0.3, 0.4) is 0 Å². The van der Waals surface area contributed by atoms with Gasteiger partial charge in [-0.05, 0) is 32.1 Å². The number of carbonyl (C=O) groups is 2. The van der Waals surface area contributed by atoms with Crippen molar-refractivity contribution in [3.63, 3.8) is 0 Å². The van der Waals surface area contributed by atoms with Gasteiger partial charge < -0.3 is 35.5 Å². The van der Waals surface area contributed by atoms with E-state index in [1.807, 2.05) is 0 Å². The van der Waals surface area contributed by atoms with Gasteiger partial charge in [0.2, 0.25) is 0 Å². The highest BCUT2D eigenvalue weighted by Crippen LogP contribution is 2.29. The summed E-state index contributed by atoms with van der Waals surface area (Å²) in [5.41, 5.74) is 5.06. The van der Waals surface area contributed by atoms with Crippen LogP contribution < -0.4 is 5.73 Å². The van der Waals surface area contributed by atoms with Crippen LogP contribution in [0, 0.1) is 0 Å². The molecule has 2 rings (SSSR count). The molecule has 1 amide bonds. The molecule has 0 unspecified atom stereocenters. The normalized spacial score (nSPS) is 21.2. The van der Waals surface area contributed by atoms with Crippen LogP contribution in [0.1, 0.15) is 114 Å². The fraction of sp³-hybridized carbons (Fsp3) is 0.741. The molecule has 212 valence electrons. The van der Waals surface area contributed by atoms with Gasteiger partial charge in [0.05, 0.1) is 12.9 Å². The van der Waals surface area contributed by atoms with E-state index < -0.39 is 43.0 Å². The number of carboxylic acids is 1. The second kappa shape index (κ2) is 19.8. The lowest BCUT2D eigenvalue weighted by molar-refractivity contribution is -0.137. The zero-order valence-corrected chi connectivity index (χ0v) is 22.2. The Labute approximate surface area is 220 Å². The summed E-state index contributed by atoms with van der Waals surface area (Å²) in [7, 11) is 0. The van der Waals surface area contributed by atoms with Gasteiger partial charge in [-0.2, -0.15) is 0 Å². The van der Waals surface area contributed by atoms with E-state index >= 15 is 0 Å². The van der Waals surface area contributed by atoms with Gasteiger partial charge >= 0.3 is 5.97 Å². The van der Waals surface area contributed by atoms with E-state index in [1.165, 1.54) is 87.7 Å². The maximum absolute atomic E-state index is 10.8.